The van der Waals surface area contributed by atoms with Crippen molar-refractivity contribution in [1.82, 2.24) is 0 Å². The Morgan fingerprint density at radius 1 is 0.227 bits per heavy atom. The second kappa shape index (κ2) is 54.9. The number of rotatable bonds is 56. The molecule has 1 saturated carbocycles. The van der Waals surface area contributed by atoms with Crippen LogP contribution >= 0.6 is 17.2 Å². The van der Waals surface area contributed by atoms with E-state index in [2.05, 4.69) is 27.7 Å². The van der Waals surface area contributed by atoms with Crippen LogP contribution in [0, 0.1) is 11.8 Å². The average Bonchev–Trinajstić information content (AvgIpc) is 3.33. The maximum atomic E-state index is 6.48. The van der Waals surface area contributed by atoms with Crippen LogP contribution in [0.25, 0.3) is 0 Å². The minimum atomic E-state index is -1.27. The Morgan fingerprint density at radius 3 is 0.576 bits per heavy atom. The van der Waals surface area contributed by atoms with E-state index in [0.29, 0.717) is 11.8 Å². The first kappa shape index (κ1) is 64.6. The molecule has 6 nitrogen and oxygen atoms in total. The van der Waals surface area contributed by atoms with Crippen molar-refractivity contribution in [3.8, 4) is 0 Å². The van der Waals surface area contributed by atoms with E-state index in [4.69, 9.17) is 27.1 Å². The van der Waals surface area contributed by atoms with Crippen LogP contribution in [-0.2, 0) is 27.1 Å². The maximum absolute atomic E-state index is 6.48. The highest BCUT2D eigenvalue weighted by atomic mass is 31.2. The highest BCUT2D eigenvalue weighted by molar-refractivity contribution is 7.41. The van der Waals surface area contributed by atoms with Crippen molar-refractivity contribution in [2.45, 2.75) is 323 Å². The third kappa shape index (κ3) is 47.0. The zero-order chi connectivity index (χ0) is 47.3. The van der Waals surface area contributed by atoms with Gasteiger partial charge in [0, 0.05) is 0 Å². The minimum absolute atomic E-state index is 0.573. The van der Waals surface area contributed by atoms with Crippen LogP contribution in [0.2, 0.25) is 0 Å². The van der Waals surface area contributed by atoms with Crippen molar-refractivity contribution in [3.63, 3.8) is 0 Å². The van der Waals surface area contributed by atoms with E-state index in [1.807, 2.05) is 0 Å². The molecule has 1 atom stereocenters. The molecule has 0 aliphatic heterocycles. The average molecular weight is 974 g/mol. The van der Waals surface area contributed by atoms with E-state index in [1.165, 1.54) is 270 Å². The zero-order valence-corrected chi connectivity index (χ0v) is 47.1. The molecule has 0 heterocycles. The summed E-state index contributed by atoms with van der Waals surface area (Å²) < 4.78 is 38.3. The summed E-state index contributed by atoms with van der Waals surface area (Å²) in [5.74, 6) is 1.15. The second-order valence-electron chi connectivity index (χ2n) is 20.7. The maximum Gasteiger partial charge on any atom is 0.332 e. The molecule has 1 fully saturated rings. The fourth-order valence-corrected chi connectivity index (χ4v) is 11.6. The Hall–Kier alpha value is 0.620. The van der Waals surface area contributed by atoms with Crippen LogP contribution in [0.5, 0.6) is 0 Å². The van der Waals surface area contributed by atoms with Crippen LogP contribution in [0.4, 0.5) is 0 Å². The van der Waals surface area contributed by atoms with Crippen molar-refractivity contribution < 1.29 is 27.1 Å². The van der Waals surface area contributed by atoms with Gasteiger partial charge in [-0.1, -0.05) is 272 Å². The molecule has 1 unspecified atom stereocenters. The van der Waals surface area contributed by atoms with Gasteiger partial charge in [0.25, 0.3) is 0 Å². The fourth-order valence-electron chi connectivity index (χ4n) is 9.39. The number of hydrogen-bond donors (Lipinski definition) is 0. The molecule has 0 aromatic heterocycles. The predicted octanol–water partition coefficient (Wildman–Crippen LogP) is 21.8. The van der Waals surface area contributed by atoms with Gasteiger partial charge < -0.3 is 27.1 Å². The van der Waals surface area contributed by atoms with Gasteiger partial charge in [0.1, 0.15) is 0 Å². The standard InChI is InChI=1S/C58H118O6P2/c1-5-9-13-17-21-25-29-30-34-38-42-46-54-62-66(61-53-45-41-37-33-28-24-20-16-12-8-4)64-56-58-49-47-57(48-50-58)55-63-65(59-51-43-39-35-31-26-22-18-14-10-6-2)60-52-44-40-36-32-27-23-19-15-11-7-3/h57-58H,5-56H2,1-4H3. The molecule has 0 spiro atoms. The van der Waals surface area contributed by atoms with E-state index >= 15 is 0 Å². The first-order chi connectivity index (χ1) is 32.7. The lowest BCUT2D eigenvalue weighted by Gasteiger charge is -2.29. The Morgan fingerprint density at radius 2 is 0.394 bits per heavy atom. The third-order valence-electron chi connectivity index (χ3n) is 14.1. The molecule has 1 rings (SSSR count). The lowest BCUT2D eigenvalue weighted by atomic mass is 9.83. The van der Waals surface area contributed by atoms with Gasteiger partial charge in [-0.3, -0.25) is 0 Å². The van der Waals surface area contributed by atoms with E-state index in [-0.39, 0.29) is 0 Å². The predicted molar refractivity (Wildman–Crippen MR) is 292 cm³/mol. The fraction of sp³-hybridized carbons (Fsp3) is 1.00. The highest BCUT2D eigenvalue weighted by Crippen LogP contribution is 2.44. The largest absolute Gasteiger partial charge is 0.332 e. The summed E-state index contributed by atoms with van der Waals surface area (Å²) in [5.41, 5.74) is 0. The molecule has 0 radical (unpaired) electrons. The van der Waals surface area contributed by atoms with E-state index < -0.39 is 17.2 Å². The molecular formula is C58H118O6P2. The van der Waals surface area contributed by atoms with Crippen molar-refractivity contribution >= 4 is 17.2 Å². The summed E-state index contributed by atoms with van der Waals surface area (Å²) in [6.45, 7) is 13.7. The van der Waals surface area contributed by atoms with Gasteiger partial charge in [-0.25, -0.2) is 0 Å². The molecule has 0 amide bonds. The van der Waals surface area contributed by atoms with Gasteiger partial charge in [-0.15, -0.1) is 0 Å². The van der Waals surface area contributed by atoms with Crippen LogP contribution in [0.15, 0.2) is 0 Å². The van der Waals surface area contributed by atoms with E-state index in [9.17, 15) is 0 Å². The Balaban J connectivity index is 2.43. The summed E-state index contributed by atoms with van der Waals surface area (Å²) in [6, 6.07) is 0. The van der Waals surface area contributed by atoms with Gasteiger partial charge in [0.2, 0.25) is 0 Å². The smallest absolute Gasteiger partial charge is 0.312 e. The quantitative estimate of drug-likeness (QED) is 0.0447. The monoisotopic (exact) mass is 973 g/mol. The van der Waals surface area contributed by atoms with Crippen LogP contribution in [0.1, 0.15) is 323 Å². The summed E-state index contributed by atoms with van der Waals surface area (Å²) in [7, 11) is -2.55. The molecule has 8 heteroatoms. The summed E-state index contributed by atoms with van der Waals surface area (Å²) >= 11 is 0. The summed E-state index contributed by atoms with van der Waals surface area (Å²) in [5, 5.41) is 0. The SMILES string of the molecule is CCCCCCCCCCCCCCOP(OCCCCCCCCCCCC)OCC1CCC(COP(OCCCCCCCCCCCC)OCCCCCCCCCCCC)CC1. The second-order valence-corrected chi connectivity index (χ2v) is 23.1. The molecule has 0 N–H and O–H groups in total. The molecule has 396 valence electrons. The van der Waals surface area contributed by atoms with Gasteiger partial charge in [-0.05, 0) is 63.2 Å². The van der Waals surface area contributed by atoms with Gasteiger partial charge in [0.05, 0.1) is 39.6 Å². The van der Waals surface area contributed by atoms with Gasteiger partial charge in [0.15, 0.2) is 0 Å². The third-order valence-corrected chi connectivity index (χ3v) is 16.4. The van der Waals surface area contributed by atoms with Crippen molar-refractivity contribution in [2.24, 2.45) is 11.8 Å². The minimum Gasteiger partial charge on any atom is -0.312 e. The molecule has 1 aliphatic rings. The lowest BCUT2D eigenvalue weighted by Crippen LogP contribution is -2.21. The van der Waals surface area contributed by atoms with Crippen molar-refractivity contribution in [1.29, 1.82) is 0 Å². The summed E-state index contributed by atoms with van der Waals surface area (Å²) in [4.78, 5) is 0. The molecule has 66 heavy (non-hydrogen) atoms. The molecule has 1 aliphatic carbocycles. The van der Waals surface area contributed by atoms with E-state index in [1.54, 1.807) is 0 Å². The van der Waals surface area contributed by atoms with Gasteiger partial charge in [-0.2, -0.15) is 0 Å². The molecule has 0 aromatic rings. The molecule has 0 bridgehead atoms. The zero-order valence-electron chi connectivity index (χ0n) is 45.3. The lowest BCUT2D eigenvalue weighted by molar-refractivity contribution is 0.100. The summed E-state index contributed by atoms with van der Waals surface area (Å²) in [6.07, 6.45) is 61.2. The molecular weight excluding hydrogens is 855 g/mol. The van der Waals surface area contributed by atoms with Crippen LogP contribution in [0.3, 0.4) is 0 Å². The van der Waals surface area contributed by atoms with Crippen LogP contribution in [-0.4, -0.2) is 39.6 Å². The Kier molecular flexibility index (Phi) is 53.8. The highest BCUT2D eigenvalue weighted by Gasteiger charge is 2.25. The number of hydrogen-bond acceptors (Lipinski definition) is 6. The van der Waals surface area contributed by atoms with Gasteiger partial charge >= 0.3 is 17.2 Å². The van der Waals surface area contributed by atoms with E-state index in [0.717, 1.165) is 65.3 Å². The first-order valence-electron chi connectivity index (χ1n) is 30.1. The first-order valence-corrected chi connectivity index (χ1v) is 32.3. The Labute approximate surface area is 417 Å². The van der Waals surface area contributed by atoms with Crippen molar-refractivity contribution in [3.05, 3.63) is 0 Å². The van der Waals surface area contributed by atoms with Crippen LogP contribution < -0.4 is 0 Å². The van der Waals surface area contributed by atoms with Crippen molar-refractivity contribution in [2.75, 3.05) is 39.6 Å². The topological polar surface area (TPSA) is 55.4 Å². The number of unbranched alkanes of at least 4 members (excludes halogenated alkanes) is 38. The Bertz CT molecular complexity index is 866. The molecule has 0 aromatic carbocycles. The molecule has 0 saturated heterocycles. The normalized spacial score (nSPS) is 16.0.